The van der Waals surface area contributed by atoms with Crippen LogP contribution in [0.15, 0.2) is 60.7 Å². The number of aryl methyl sites for hydroxylation is 1. The number of amides is 1. The molecule has 3 rings (SSSR count). The van der Waals surface area contributed by atoms with E-state index in [0.29, 0.717) is 5.92 Å². The van der Waals surface area contributed by atoms with Gasteiger partial charge in [-0.25, -0.2) is 0 Å². The van der Waals surface area contributed by atoms with Crippen molar-refractivity contribution in [3.05, 3.63) is 82.9 Å². The first-order valence-electron chi connectivity index (χ1n) is 10.7. The fourth-order valence-electron chi connectivity index (χ4n) is 3.86. The largest absolute Gasteiger partial charge is 0.341 e. The van der Waals surface area contributed by atoms with Crippen molar-refractivity contribution < 1.29 is 4.79 Å². The van der Waals surface area contributed by atoms with Gasteiger partial charge in [0.2, 0.25) is 0 Å². The monoisotopic (exact) mass is 375 g/mol. The number of likely N-dealkylation sites (N-methyl/N-ethyl adjacent to an activating group) is 1. The summed E-state index contributed by atoms with van der Waals surface area (Å²) in [6.07, 6.45) is 13.5. The van der Waals surface area contributed by atoms with Crippen LogP contribution in [-0.2, 0) is 6.42 Å². The fraction of sp³-hybridized carbons (Fsp3) is 0.423. The van der Waals surface area contributed by atoms with Gasteiger partial charge in [0.15, 0.2) is 0 Å². The van der Waals surface area contributed by atoms with Gasteiger partial charge in [-0.05, 0) is 55.9 Å². The van der Waals surface area contributed by atoms with Crippen LogP contribution in [-0.4, -0.2) is 24.4 Å². The zero-order valence-electron chi connectivity index (χ0n) is 17.4. The first-order valence-corrected chi connectivity index (χ1v) is 10.7. The zero-order valence-corrected chi connectivity index (χ0v) is 17.4. The molecule has 0 heterocycles. The highest BCUT2D eigenvalue weighted by Gasteiger charge is 2.12. The summed E-state index contributed by atoms with van der Waals surface area (Å²) in [5.41, 5.74) is 4.65. The number of carbonyl (C=O) groups is 1. The Morgan fingerprint density at radius 3 is 2.43 bits per heavy atom. The Labute approximate surface area is 170 Å². The van der Waals surface area contributed by atoms with Crippen molar-refractivity contribution in [2.75, 3.05) is 13.6 Å². The fourth-order valence-corrected chi connectivity index (χ4v) is 3.86. The quantitative estimate of drug-likeness (QED) is 0.561. The van der Waals surface area contributed by atoms with Gasteiger partial charge in [-0.1, -0.05) is 73.4 Å². The summed E-state index contributed by atoms with van der Waals surface area (Å²) in [5, 5.41) is 0. The molecule has 0 aliphatic heterocycles. The van der Waals surface area contributed by atoms with Gasteiger partial charge >= 0.3 is 0 Å². The molecule has 0 fully saturated rings. The van der Waals surface area contributed by atoms with E-state index in [0.717, 1.165) is 18.5 Å². The Morgan fingerprint density at radius 2 is 1.68 bits per heavy atom. The molecule has 1 unspecified atom stereocenters. The molecule has 1 amide bonds. The van der Waals surface area contributed by atoms with Crippen LogP contribution >= 0.6 is 0 Å². The van der Waals surface area contributed by atoms with E-state index in [4.69, 9.17) is 0 Å². The standard InChI is InChI=1S/C26H33NO/c1-21-11-15-25(16-12-21)26(28)27(2)20-19-22-13-17-24(18-14-22)23-9-7-5-3-4-6-8-10-23/h7,9,11-18,23H,3-6,8,10,19-20H2,1-2H3/b9-7-. The average molecular weight is 376 g/mol. The molecule has 2 heteroatoms. The molecule has 2 aromatic carbocycles. The van der Waals surface area contributed by atoms with E-state index in [1.165, 1.54) is 55.2 Å². The summed E-state index contributed by atoms with van der Waals surface area (Å²) in [6, 6.07) is 16.8. The van der Waals surface area contributed by atoms with E-state index in [1.807, 2.05) is 43.1 Å². The van der Waals surface area contributed by atoms with Crippen molar-refractivity contribution >= 4 is 5.91 Å². The molecule has 1 atom stereocenters. The molecule has 0 N–H and O–H groups in total. The minimum atomic E-state index is 0.0901. The molecule has 1 aliphatic carbocycles. The summed E-state index contributed by atoms with van der Waals surface area (Å²) in [4.78, 5) is 14.4. The number of hydrogen-bond donors (Lipinski definition) is 0. The van der Waals surface area contributed by atoms with E-state index in [9.17, 15) is 4.79 Å². The van der Waals surface area contributed by atoms with Crippen LogP contribution in [0.3, 0.4) is 0 Å². The number of benzene rings is 2. The van der Waals surface area contributed by atoms with Crippen LogP contribution < -0.4 is 0 Å². The first kappa shape index (κ1) is 20.4. The van der Waals surface area contributed by atoms with Crippen LogP contribution in [0, 0.1) is 6.92 Å². The minimum Gasteiger partial charge on any atom is -0.341 e. The second-order valence-electron chi connectivity index (χ2n) is 8.11. The molecule has 0 radical (unpaired) electrons. The maximum absolute atomic E-state index is 12.5. The predicted octanol–water partition coefficient (Wildman–Crippen LogP) is 6.30. The van der Waals surface area contributed by atoms with E-state index in [-0.39, 0.29) is 5.91 Å². The van der Waals surface area contributed by atoms with E-state index < -0.39 is 0 Å². The molecule has 0 aromatic heterocycles. The zero-order chi connectivity index (χ0) is 19.8. The van der Waals surface area contributed by atoms with Gasteiger partial charge in [-0.15, -0.1) is 0 Å². The van der Waals surface area contributed by atoms with Crippen LogP contribution in [0.2, 0.25) is 0 Å². The summed E-state index contributed by atoms with van der Waals surface area (Å²) < 4.78 is 0. The normalized spacial score (nSPS) is 18.6. The number of allylic oxidation sites excluding steroid dienone is 2. The van der Waals surface area contributed by atoms with E-state index in [2.05, 4.69) is 36.4 Å². The van der Waals surface area contributed by atoms with Gasteiger partial charge in [0.05, 0.1) is 0 Å². The van der Waals surface area contributed by atoms with Crippen molar-refractivity contribution in [2.24, 2.45) is 0 Å². The SMILES string of the molecule is Cc1ccc(C(=O)N(C)CCc2ccc(C3/C=C\CCCCCC3)cc2)cc1. The Hall–Kier alpha value is -2.35. The molecular formula is C26H33NO. The summed E-state index contributed by atoms with van der Waals surface area (Å²) >= 11 is 0. The van der Waals surface area contributed by atoms with Crippen molar-refractivity contribution in [1.82, 2.24) is 4.90 Å². The van der Waals surface area contributed by atoms with Gasteiger partial charge in [0, 0.05) is 25.1 Å². The Kier molecular flexibility index (Phi) is 7.47. The number of carbonyl (C=O) groups excluding carboxylic acids is 1. The van der Waals surface area contributed by atoms with Gasteiger partial charge in [0.1, 0.15) is 0 Å². The van der Waals surface area contributed by atoms with Crippen molar-refractivity contribution in [3.63, 3.8) is 0 Å². The van der Waals surface area contributed by atoms with Crippen LogP contribution in [0.25, 0.3) is 0 Å². The second-order valence-corrected chi connectivity index (χ2v) is 8.11. The van der Waals surface area contributed by atoms with E-state index in [1.54, 1.807) is 0 Å². The van der Waals surface area contributed by atoms with Crippen molar-refractivity contribution in [3.8, 4) is 0 Å². The smallest absolute Gasteiger partial charge is 0.253 e. The topological polar surface area (TPSA) is 20.3 Å². The van der Waals surface area contributed by atoms with Crippen molar-refractivity contribution in [1.29, 1.82) is 0 Å². The lowest BCUT2D eigenvalue weighted by molar-refractivity contribution is 0.0796. The van der Waals surface area contributed by atoms with Gasteiger partial charge in [0.25, 0.3) is 5.91 Å². The molecule has 2 aromatic rings. The highest BCUT2D eigenvalue weighted by Crippen LogP contribution is 2.26. The maximum atomic E-state index is 12.5. The maximum Gasteiger partial charge on any atom is 0.253 e. The van der Waals surface area contributed by atoms with Crippen LogP contribution in [0.4, 0.5) is 0 Å². The number of nitrogens with zero attached hydrogens (tertiary/aromatic N) is 1. The molecule has 0 spiro atoms. The van der Waals surface area contributed by atoms with Gasteiger partial charge in [-0.3, -0.25) is 4.79 Å². The molecule has 1 aliphatic rings. The van der Waals surface area contributed by atoms with Gasteiger partial charge < -0.3 is 4.90 Å². The second kappa shape index (κ2) is 10.3. The Balaban J connectivity index is 1.55. The lowest BCUT2D eigenvalue weighted by atomic mass is 9.92. The van der Waals surface area contributed by atoms with E-state index >= 15 is 0 Å². The average Bonchev–Trinajstić information content (AvgIpc) is 2.86. The molecule has 2 nitrogen and oxygen atoms in total. The molecule has 0 saturated heterocycles. The third-order valence-electron chi connectivity index (χ3n) is 5.79. The van der Waals surface area contributed by atoms with Crippen LogP contribution in [0.1, 0.15) is 71.5 Å². The molecule has 0 bridgehead atoms. The van der Waals surface area contributed by atoms with Gasteiger partial charge in [-0.2, -0.15) is 0 Å². The molecule has 28 heavy (non-hydrogen) atoms. The summed E-state index contributed by atoms with van der Waals surface area (Å²) in [6.45, 7) is 2.77. The summed E-state index contributed by atoms with van der Waals surface area (Å²) in [5.74, 6) is 0.644. The Bertz CT molecular complexity index is 773. The molecular weight excluding hydrogens is 342 g/mol. The van der Waals surface area contributed by atoms with Crippen molar-refractivity contribution in [2.45, 2.75) is 57.8 Å². The predicted molar refractivity (Wildman–Crippen MR) is 118 cm³/mol. The lowest BCUT2D eigenvalue weighted by Crippen LogP contribution is -2.28. The number of rotatable bonds is 5. The number of hydrogen-bond acceptors (Lipinski definition) is 1. The third kappa shape index (κ3) is 5.82. The van der Waals surface area contributed by atoms with Crippen LogP contribution in [0.5, 0.6) is 0 Å². The third-order valence-corrected chi connectivity index (χ3v) is 5.79. The highest BCUT2D eigenvalue weighted by atomic mass is 16.2. The minimum absolute atomic E-state index is 0.0901. The summed E-state index contributed by atoms with van der Waals surface area (Å²) in [7, 11) is 1.89. The first-order chi connectivity index (χ1) is 13.6. The molecule has 0 saturated carbocycles. The lowest BCUT2D eigenvalue weighted by Gasteiger charge is -2.18. The highest BCUT2D eigenvalue weighted by molar-refractivity contribution is 5.94. The molecule has 148 valence electrons. The Morgan fingerprint density at radius 1 is 0.964 bits per heavy atom.